The standard InChI is InChI=1S/C11H18N4O2/c1-14-6-3-10(11(14)17)12-7-9(16)8-15-5-2-4-13-15/h2,4-5,9-10,12,16H,3,6-8H2,1H3. The average Bonchev–Trinajstić information content (AvgIpc) is 2.90. The van der Waals surface area contributed by atoms with Crippen LogP contribution in [0.2, 0.25) is 0 Å². The summed E-state index contributed by atoms with van der Waals surface area (Å²) in [5.74, 6) is 0.108. The van der Waals surface area contributed by atoms with Crippen molar-refractivity contribution in [3.63, 3.8) is 0 Å². The van der Waals surface area contributed by atoms with E-state index < -0.39 is 6.10 Å². The number of carbonyl (C=O) groups excluding carboxylic acids is 1. The summed E-state index contributed by atoms with van der Waals surface area (Å²) in [6, 6.07) is 1.67. The highest BCUT2D eigenvalue weighted by Crippen LogP contribution is 2.08. The van der Waals surface area contributed by atoms with E-state index in [4.69, 9.17) is 0 Å². The van der Waals surface area contributed by atoms with E-state index >= 15 is 0 Å². The molecule has 0 spiro atoms. The molecule has 17 heavy (non-hydrogen) atoms. The number of carbonyl (C=O) groups is 1. The zero-order valence-electron chi connectivity index (χ0n) is 9.91. The van der Waals surface area contributed by atoms with E-state index in [0.29, 0.717) is 13.1 Å². The van der Waals surface area contributed by atoms with E-state index in [-0.39, 0.29) is 11.9 Å². The van der Waals surface area contributed by atoms with Crippen LogP contribution < -0.4 is 5.32 Å². The Kier molecular flexibility index (Phi) is 3.75. The second kappa shape index (κ2) is 5.29. The Morgan fingerprint density at radius 3 is 3.12 bits per heavy atom. The quantitative estimate of drug-likeness (QED) is 0.695. The summed E-state index contributed by atoms with van der Waals surface area (Å²) in [7, 11) is 1.80. The molecule has 1 aromatic heterocycles. The smallest absolute Gasteiger partial charge is 0.239 e. The van der Waals surface area contributed by atoms with E-state index in [0.717, 1.165) is 13.0 Å². The maximum absolute atomic E-state index is 11.6. The van der Waals surface area contributed by atoms with Crippen LogP contribution in [0.25, 0.3) is 0 Å². The van der Waals surface area contributed by atoms with Gasteiger partial charge in [-0.15, -0.1) is 0 Å². The SMILES string of the molecule is CN1CCC(NCC(O)Cn2cccn2)C1=O. The van der Waals surface area contributed by atoms with Crippen LogP contribution in [0, 0.1) is 0 Å². The molecule has 6 heteroatoms. The number of nitrogens with zero attached hydrogens (tertiary/aromatic N) is 3. The summed E-state index contributed by atoms with van der Waals surface area (Å²) in [6.07, 6.45) is 3.76. The van der Waals surface area contributed by atoms with Gasteiger partial charge in [0, 0.05) is 32.5 Å². The van der Waals surface area contributed by atoms with Gasteiger partial charge in [0.05, 0.1) is 18.7 Å². The third kappa shape index (κ3) is 3.04. The van der Waals surface area contributed by atoms with Gasteiger partial charge in [-0.2, -0.15) is 5.10 Å². The minimum Gasteiger partial charge on any atom is -0.390 e. The number of likely N-dealkylation sites (tertiary alicyclic amines) is 1. The summed E-state index contributed by atoms with van der Waals surface area (Å²) in [5.41, 5.74) is 0. The van der Waals surface area contributed by atoms with Crippen molar-refractivity contribution in [3.8, 4) is 0 Å². The number of aromatic nitrogens is 2. The molecule has 2 heterocycles. The molecule has 0 aliphatic carbocycles. The summed E-state index contributed by atoms with van der Waals surface area (Å²) in [5, 5.41) is 16.9. The van der Waals surface area contributed by atoms with Gasteiger partial charge in [-0.1, -0.05) is 0 Å². The van der Waals surface area contributed by atoms with Crippen molar-refractivity contribution in [2.45, 2.75) is 25.1 Å². The van der Waals surface area contributed by atoms with E-state index in [9.17, 15) is 9.90 Å². The summed E-state index contributed by atoms with van der Waals surface area (Å²) < 4.78 is 1.68. The van der Waals surface area contributed by atoms with Crippen molar-refractivity contribution in [2.75, 3.05) is 20.1 Å². The molecular weight excluding hydrogens is 220 g/mol. The van der Waals surface area contributed by atoms with Crippen molar-refractivity contribution in [1.29, 1.82) is 0 Å². The number of aliphatic hydroxyl groups is 1. The van der Waals surface area contributed by atoms with Crippen LogP contribution in [0.1, 0.15) is 6.42 Å². The van der Waals surface area contributed by atoms with Gasteiger partial charge in [0.25, 0.3) is 0 Å². The Labute approximate surface area is 100 Å². The lowest BCUT2D eigenvalue weighted by molar-refractivity contribution is -0.128. The number of likely N-dealkylation sites (N-methyl/N-ethyl adjacent to an activating group) is 1. The molecular formula is C11H18N4O2. The molecule has 1 saturated heterocycles. The molecule has 2 atom stereocenters. The van der Waals surface area contributed by atoms with Crippen molar-refractivity contribution >= 4 is 5.91 Å². The Morgan fingerprint density at radius 2 is 2.53 bits per heavy atom. The van der Waals surface area contributed by atoms with Crippen LogP contribution in [0.5, 0.6) is 0 Å². The predicted molar refractivity (Wildman–Crippen MR) is 62.3 cm³/mol. The van der Waals surface area contributed by atoms with Gasteiger partial charge in [-0.3, -0.25) is 9.48 Å². The second-order valence-electron chi connectivity index (χ2n) is 4.39. The van der Waals surface area contributed by atoms with E-state index in [1.807, 2.05) is 6.07 Å². The number of hydrogen-bond acceptors (Lipinski definition) is 4. The number of amides is 1. The van der Waals surface area contributed by atoms with Gasteiger partial charge in [0.1, 0.15) is 0 Å². The van der Waals surface area contributed by atoms with Crippen molar-refractivity contribution in [2.24, 2.45) is 0 Å². The van der Waals surface area contributed by atoms with Crippen LogP contribution >= 0.6 is 0 Å². The first-order valence-corrected chi connectivity index (χ1v) is 5.80. The first-order valence-electron chi connectivity index (χ1n) is 5.80. The highest BCUT2D eigenvalue weighted by atomic mass is 16.3. The molecule has 1 fully saturated rings. The number of nitrogens with one attached hydrogen (secondary N) is 1. The van der Waals surface area contributed by atoms with Crippen LogP contribution in [0.3, 0.4) is 0 Å². The van der Waals surface area contributed by atoms with E-state index in [1.54, 1.807) is 29.0 Å². The van der Waals surface area contributed by atoms with Gasteiger partial charge in [0.15, 0.2) is 0 Å². The normalized spacial score (nSPS) is 22.1. The monoisotopic (exact) mass is 238 g/mol. The number of rotatable bonds is 5. The van der Waals surface area contributed by atoms with Gasteiger partial charge in [0.2, 0.25) is 5.91 Å². The molecule has 0 aromatic carbocycles. The molecule has 94 valence electrons. The molecule has 6 nitrogen and oxygen atoms in total. The topological polar surface area (TPSA) is 70.4 Å². The lowest BCUT2D eigenvalue weighted by Crippen LogP contribution is -2.41. The van der Waals surface area contributed by atoms with Gasteiger partial charge >= 0.3 is 0 Å². The van der Waals surface area contributed by atoms with Crippen molar-refractivity contribution < 1.29 is 9.90 Å². The zero-order valence-corrected chi connectivity index (χ0v) is 9.91. The lowest BCUT2D eigenvalue weighted by atomic mass is 10.2. The van der Waals surface area contributed by atoms with Crippen LogP contribution in [-0.2, 0) is 11.3 Å². The summed E-state index contributed by atoms with van der Waals surface area (Å²) in [4.78, 5) is 13.3. The first-order chi connectivity index (χ1) is 8.16. The summed E-state index contributed by atoms with van der Waals surface area (Å²) >= 11 is 0. The predicted octanol–water partition coefficient (Wildman–Crippen LogP) is -0.936. The molecule has 1 aromatic rings. The fraction of sp³-hybridized carbons (Fsp3) is 0.636. The van der Waals surface area contributed by atoms with Crippen molar-refractivity contribution in [3.05, 3.63) is 18.5 Å². The van der Waals surface area contributed by atoms with Crippen LogP contribution in [0.15, 0.2) is 18.5 Å². The minimum atomic E-state index is -0.534. The lowest BCUT2D eigenvalue weighted by Gasteiger charge is -2.15. The molecule has 0 bridgehead atoms. The molecule has 2 rings (SSSR count). The maximum Gasteiger partial charge on any atom is 0.239 e. The molecule has 1 aliphatic rings. The Morgan fingerprint density at radius 1 is 1.71 bits per heavy atom. The number of hydrogen-bond donors (Lipinski definition) is 2. The van der Waals surface area contributed by atoms with E-state index in [2.05, 4.69) is 10.4 Å². The largest absolute Gasteiger partial charge is 0.390 e. The Bertz CT molecular complexity index is 366. The second-order valence-corrected chi connectivity index (χ2v) is 4.39. The third-order valence-electron chi connectivity index (χ3n) is 2.98. The number of aliphatic hydroxyl groups excluding tert-OH is 1. The Hall–Kier alpha value is -1.40. The first kappa shape index (κ1) is 12.1. The highest BCUT2D eigenvalue weighted by molar-refractivity contribution is 5.83. The van der Waals surface area contributed by atoms with E-state index in [1.165, 1.54) is 0 Å². The zero-order chi connectivity index (χ0) is 12.3. The minimum absolute atomic E-state index is 0.108. The van der Waals surface area contributed by atoms with Crippen molar-refractivity contribution in [1.82, 2.24) is 20.0 Å². The maximum atomic E-state index is 11.6. The molecule has 0 radical (unpaired) electrons. The molecule has 0 saturated carbocycles. The van der Waals surface area contributed by atoms with Gasteiger partial charge in [-0.05, 0) is 12.5 Å². The van der Waals surface area contributed by atoms with Crippen LogP contribution in [-0.4, -0.2) is 58.0 Å². The molecule has 2 unspecified atom stereocenters. The molecule has 1 aliphatic heterocycles. The summed E-state index contributed by atoms with van der Waals surface area (Å²) in [6.45, 7) is 1.63. The highest BCUT2D eigenvalue weighted by Gasteiger charge is 2.28. The fourth-order valence-corrected chi connectivity index (χ4v) is 1.98. The fourth-order valence-electron chi connectivity index (χ4n) is 1.98. The average molecular weight is 238 g/mol. The Balaban J connectivity index is 1.73. The third-order valence-corrected chi connectivity index (χ3v) is 2.98. The van der Waals surface area contributed by atoms with Crippen LogP contribution in [0.4, 0.5) is 0 Å². The van der Waals surface area contributed by atoms with Gasteiger partial charge in [-0.25, -0.2) is 0 Å². The van der Waals surface area contributed by atoms with Gasteiger partial charge < -0.3 is 15.3 Å². The molecule has 2 N–H and O–H groups in total. The molecule has 1 amide bonds.